The van der Waals surface area contributed by atoms with Crippen molar-refractivity contribution in [3.8, 4) is 0 Å². The van der Waals surface area contributed by atoms with E-state index in [1.54, 1.807) is 0 Å². The summed E-state index contributed by atoms with van der Waals surface area (Å²) >= 11 is 0. The Kier molecular flexibility index (Phi) is 6.49. The molecular weight excluding hydrogens is 388 g/mol. The van der Waals surface area contributed by atoms with Crippen LogP contribution in [0, 0.1) is 19.8 Å². The van der Waals surface area contributed by atoms with Crippen molar-refractivity contribution in [3.05, 3.63) is 57.9 Å². The number of nitrogens with zero attached hydrogens (tertiary/aromatic N) is 2. The second kappa shape index (κ2) is 9.29. The fraction of sp³-hybridized carbons (Fsp3) is 0.538. The lowest BCUT2D eigenvalue weighted by atomic mass is 9.94. The maximum atomic E-state index is 13.7. The number of likely N-dealkylation sites (tertiary alicyclic amines) is 1. The molecule has 5 heteroatoms. The van der Waals surface area contributed by atoms with Gasteiger partial charge in [0, 0.05) is 25.3 Å². The van der Waals surface area contributed by atoms with Crippen LogP contribution in [0.2, 0.25) is 0 Å². The lowest BCUT2D eigenvalue weighted by Gasteiger charge is -2.31. The molecule has 2 aliphatic rings. The smallest absolute Gasteiger partial charge is 0.309 e. The number of esters is 1. The van der Waals surface area contributed by atoms with E-state index in [9.17, 15) is 9.59 Å². The van der Waals surface area contributed by atoms with E-state index in [4.69, 9.17) is 4.74 Å². The number of carbonyl (C=O) groups is 2. The molecule has 4 rings (SSSR count). The van der Waals surface area contributed by atoms with Gasteiger partial charge in [-0.3, -0.25) is 9.59 Å². The minimum atomic E-state index is -0.121. The summed E-state index contributed by atoms with van der Waals surface area (Å²) < 4.78 is 7.47. The van der Waals surface area contributed by atoms with Gasteiger partial charge in [0.25, 0.3) is 5.91 Å². The number of ether oxygens (including phenoxy) is 1. The maximum absolute atomic E-state index is 13.7. The van der Waals surface area contributed by atoms with Crippen LogP contribution in [0.15, 0.2) is 24.3 Å². The van der Waals surface area contributed by atoms with Crippen molar-refractivity contribution in [2.45, 2.75) is 65.8 Å². The predicted molar refractivity (Wildman–Crippen MR) is 121 cm³/mol. The molecule has 1 aromatic carbocycles. The monoisotopic (exact) mass is 422 g/mol. The highest BCUT2D eigenvalue weighted by atomic mass is 16.5. The van der Waals surface area contributed by atoms with Gasteiger partial charge in [-0.15, -0.1) is 0 Å². The molecule has 0 saturated carbocycles. The molecule has 2 aromatic rings. The van der Waals surface area contributed by atoms with Crippen LogP contribution in [0.25, 0.3) is 0 Å². The minimum Gasteiger partial charge on any atom is -0.466 e. The molecule has 0 unspecified atom stereocenters. The van der Waals surface area contributed by atoms with Gasteiger partial charge in [-0.05, 0) is 76.0 Å². The highest BCUT2D eigenvalue weighted by molar-refractivity contribution is 5.95. The molecule has 0 atom stereocenters. The van der Waals surface area contributed by atoms with E-state index in [-0.39, 0.29) is 17.8 Å². The van der Waals surface area contributed by atoms with Gasteiger partial charge in [-0.2, -0.15) is 0 Å². The first kappa shape index (κ1) is 21.7. The van der Waals surface area contributed by atoms with Gasteiger partial charge in [0.2, 0.25) is 0 Å². The Bertz CT molecular complexity index is 967. The van der Waals surface area contributed by atoms with Crippen LogP contribution >= 0.6 is 0 Å². The molecule has 1 saturated heterocycles. The summed E-state index contributed by atoms with van der Waals surface area (Å²) in [6, 6.07) is 8.56. The van der Waals surface area contributed by atoms with Crippen LogP contribution in [0.3, 0.4) is 0 Å². The lowest BCUT2D eigenvalue weighted by molar-refractivity contribution is -0.149. The van der Waals surface area contributed by atoms with Gasteiger partial charge < -0.3 is 14.2 Å². The van der Waals surface area contributed by atoms with E-state index in [2.05, 4.69) is 42.7 Å². The zero-order valence-electron chi connectivity index (χ0n) is 19.1. The van der Waals surface area contributed by atoms with Gasteiger partial charge in [0.1, 0.15) is 5.69 Å². The molecule has 5 nitrogen and oxygen atoms in total. The number of aryl methyl sites for hydroxylation is 1. The summed E-state index contributed by atoms with van der Waals surface area (Å²) in [6.07, 6.45) is 5.85. The molecule has 1 aromatic heterocycles. The fourth-order valence-electron chi connectivity index (χ4n) is 5.24. The average molecular weight is 423 g/mol. The molecule has 1 aliphatic carbocycles. The summed E-state index contributed by atoms with van der Waals surface area (Å²) in [4.78, 5) is 27.7. The zero-order valence-corrected chi connectivity index (χ0v) is 19.1. The van der Waals surface area contributed by atoms with Crippen LogP contribution in [0.5, 0.6) is 0 Å². The van der Waals surface area contributed by atoms with Crippen molar-refractivity contribution in [2.75, 3.05) is 19.7 Å². The Hall–Kier alpha value is -2.56. The number of amides is 1. The van der Waals surface area contributed by atoms with Crippen LogP contribution < -0.4 is 0 Å². The number of hydrogen-bond donors (Lipinski definition) is 0. The number of hydrogen-bond acceptors (Lipinski definition) is 3. The largest absolute Gasteiger partial charge is 0.466 e. The van der Waals surface area contributed by atoms with Crippen LogP contribution in [0.1, 0.15) is 71.0 Å². The fourth-order valence-corrected chi connectivity index (χ4v) is 5.24. The van der Waals surface area contributed by atoms with Gasteiger partial charge in [0.05, 0.1) is 12.5 Å². The minimum absolute atomic E-state index is 0.0858. The normalized spacial score (nSPS) is 16.8. The van der Waals surface area contributed by atoms with E-state index in [0.29, 0.717) is 32.5 Å². The van der Waals surface area contributed by atoms with Gasteiger partial charge in [-0.1, -0.05) is 29.8 Å². The number of carbonyl (C=O) groups excluding carboxylic acids is 2. The predicted octanol–water partition coefficient (Wildman–Crippen LogP) is 4.45. The Balaban J connectivity index is 1.61. The molecule has 2 heterocycles. The number of rotatable bonds is 5. The summed E-state index contributed by atoms with van der Waals surface area (Å²) in [6.45, 7) is 8.44. The van der Waals surface area contributed by atoms with Crippen LogP contribution in [-0.4, -0.2) is 41.0 Å². The summed E-state index contributed by atoms with van der Waals surface area (Å²) in [5.74, 6) is -0.0942. The third kappa shape index (κ3) is 4.41. The number of piperidine rings is 1. The Morgan fingerprint density at radius 3 is 2.55 bits per heavy atom. The second-order valence-corrected chi connectivity index (χ2v) is 9.00. The highest BCUT2D eigenvalue weighted by Crippen LogP contribution is 2.32. The van der Waals surface area contributed by atoms with Gasteiger partial charge in [-0.25, -0.2) is 0 Å². The SMILES string of the molecule is CCOC(=O)C1CCN(C(=O)c2c(C)c3c(n2Cc2cccc(C)c2)CCCC3)CC1. The molecule has 1 amide bonds. The third-order valence-electron chi connectivity index (χ3n) is 6.87. The van der Waals surface area contributed by atoms with E-state index >= 15 is 0 Å². The second-order valence-electron chi connectivity index (χ2n) is 9.00. The Labute approximate surface area is 185 Å². The average Bonchev–Trinajstić information content (AvgIpc) is 3.05. The first-order chi connectivity index (χ1) is 15.0. The summed E-state index contributed by atoms with van der Waals surface area (Å²) in [7, 11) is 0. The Morgan fingerprint density at radius 2 is 1.84 bits per heavy atom. The quantitative estimate of drug-likeness (QED) is 0.669. The van der Waals surface area contributed by atoms with Crippen LogP contribution in [-0.2, 0) is 28.9 Å². The van der Waals surface area contributed by atoms with Crippen molar-refractivity contribution < 1.29 is 14.3 Å². The third-order valence-corrected chi connectivity index (χ3v) is 6.87. The lowest BCUT2D eigenvalue weighted by Crippen LogP contribution is -2.41. The molecule has 166 valence electrons. The van der Waals surface area contributed by atoms with Crippen molar-refractivity contribution in [2.24, 2.45) is 5.92 Å². The van der Waals surface area contributed by atoms with Gasteiger partial charge >= 0.3 is 5.97 Å². The van der Waals surface area contributed by atoms with Crippen molar-refractivity contribution in [1.29, 1.82) is 0 Å². The summed E-state index contributed by atoms with van der Waals surface area (Å²) in [5, 5.41) is 0. The number of aromatic nitrogens is 1. The number of fused-ring (bicyclic) bond motifs is 1. The first-order valence-corrected chi connectivity index (χ1v) is 11.7. The topological polar surface area (TPSA) is 51.5 Å². The molecule has 0 spiro atoms. The zero-order chi connectivity index (χ0) is 22.0. The molecule has 0 radical (unpaired) electrons. The number of benzene rings is 1. The molecule has 0 bridgehead atoms. The van der Waals surface area contributed by atoms with E-state index in [1.807, 2.05) is 11.8 Å². The Morgan fingerprint density at radius 1 is 1.10 bits per heavy atom. The maximum Gasteiger partial charge on any atom is 0.309 e. The first-order valence-electron chi connectivity index (χ1n) is 11.7. The van der Waals surface area contributed by atoms with Crippen molar-refractivity contribution in [3.63, 3.8) is 0 Å². The summed E-state index contributed by atoms with van der Waals surface area (Å²) in [5.41, 5.74) is 7.20. The molecular formula is C26H34N2O3. The van der Waals surface area contributed by atoms with E-state index in [1.165, 1.54) is 35.2 Å². The standard InChI is InChI=1S/C26H34N2O3/c1-4-31-26(30)21-12-14-27(15-13-21)25(29)24-19(3)22-10-5-6-11-23(22)28(24)17-20-9-7-8-18(2)16-20/h7-9,16,21H,4-6,10-15,17H2,1-3H3. The molecule has 0 N–H and O–H groups in total. The van der Waals surface area contributed by atoms with E-state index in [0.717, 1.165) is 30.6 Å². The highest BCUT2D eigenvalue weighted by Gasteiger charge is 2.33. The van der Waals surface area contributed by atoms with Crippen molar-refractivity contribution in [1.82, 2.24) is 9.47 Å². The molecule has 31 heavy (non-hydrogen) atoms. The molecule has 1 aliphatic heterocycles. The van der Waals surface area contributed by atoms with Crippen molar-refractivity contribution >= 4 is 11.9 Å². The van der Waals surface area contributed by atoms with Crippen LogP contribution in [0.4, 0.5) is 0 Å². The van der Waals surface area contributed by atoms with Gasteiger partial charge in [0.15, 0.2) is 0 Å². The molecule has 1 fully saturated rings. The van der Waals surface area contributed by atoms with E-state index < -0.39 is 0 Å².